The minimum Gasteiger partial charge on any atom is -0.478 e. The number of thiazole rings is 1. The summed E-state index contributed by atoms with van der Waals surface area (Å²) in [6.45, 7) is 1.86. The third-order valence-electron chi connectivity index (χ3n) is 6.21. The van der Waals surface area contributed by atoms with Crippen LogP contribution in [0, 0.1) is 6.92 Å². The molecule has 1 aliphatic rings. The number of aliphatic hydroxyl groups is 1. The third kappa shape index (κ3) is 4.92. The highest BCUT2D eigenvalue weighted by Crippen LogP contribution is 2.44. The zero-order valence-electron chi connectivity index (χ0n) is 19.5. The highest BCUT2D eigenvalue weighted by Gasteiger charge is 2.39. The standard InChI is InChI=1S/C26H21F3N4O3S/c1-14-9-17(12-18(10-14)32-24-30-8-6-21(33-24)26(27,28)29)20-13-31-23(37-20)25(36)7-2-3-15-11-16(22(34)35)4-5-19(15)25/h4-6,8-13,36H,2-3,7H2,1H3,(H,34,35)(H,30,32,33)/t25-/m1/s1. The molecule has 1 aliphatic carbocycles. The van der Waals surface area contributed by atoms with Gasteiger partial charge >= 0.3 is 12.1 Å². The Labute approximate surface area is 213 Å². The lowest BCUT2D eigenvalue weighted by Gasteiger charge is -2.33. The van der Waals surface area contributed by atoms with E-state index in [0.29, 0.717) is 35.5 Å². The van der Waals surface area contributed by atoms with Crippen molar-refractivity contribution in [1.29, 1.82) is 0 Å². The number of nitrogens with one attached hydrogen (secondary N) is 1. The predicted octanol–water partition coefficient (Wildman–Crippen LogP) is 5.94. The second-order valence-corrected chi connectivity index (χ2v) is 9.93. The fraction of sp³-hybridized carbons (Fsp3) is 0.231. The maximum absolute atomic E-state index is 13.0. The van der Waals surface area contributed by atoms with Gasteiger partial charge in [-0.2, -0.15) is 13.2 Å². The van der Waals surface area contributed by atoms with Gasteiger partial charge in [-0.25, -0.2) is 19.7 Å². The number of carboxylic acids is 1. The molecule has 0 unspecified atom stereocenters. The topological polar surface area (TPSA) is 108 Å². The van der Waals surface area contributed by atoms with E-state index in [1.807, 2.05) is 13.0 Å². The van der Waals surface area contributed by atoms with Crippen molar-refractivity contribution < 1.29 is 28.2 Å². The average Bonchev–Trinajstić information content (AvgIpc) is 3.35. The summed E-state index contributed by atoms with van der Waals surface area (Å²) in [5.74, 6) is -1.20. The van der Waals surface area contributed by atoms with Crippen LogP contribution >= 0.6 is 11.3 Å². The lowest BCUT2D eigenvalue weighted by molar-refractivity contribution is -0.141. The van der Waals surface area contributed by atoms with Crippen molar-refractivity contribution in [1.82, 2.24) is 15.0 Å². The minimum atomic E-state index is -4.58. The van der Waals surface area contributed by atoms with E-state index in [1.54, 1.807) is 30.5 Å². The molecule has 0 saturated heterocycles. The SMILES string of the molecule is Cc1cc(Nc2nccc(C(F)(F)F)n2)cc(-c2cnc([C@@]3(O)CCCc4cc(C(=O)O)ccc43)s2)c1. The molecule has 5 rings (SSSR count). The molecule has 0 amide bonds. The highest BCUT2D eigenvalue weighted by atomic mass is 32.1. The van der Waals surface area contributed by atoms with E-state index in [-0.39, 0.29) is 11.5 Å². The lowest BCUT2D eigenvalue weighted by atomic mass is 9.79. The van der Waals surface area contributed by atoms with Crippen molar-refractivity contribution in [3.63, 3.8) is 0 Å². The van der Waals surface area contributed by atoms with Crippen LogP contribution in [0.3, 0.4) is 0 Å². The van der Waals surface area contributed by atoms with Crippen LogP contribution in [-0.4, -0.2) is 31.1 Å². The lowest BCUT2D eigenvalue weighted by Crippen LogP contribution is -2.32. The number of aromatic carboxylic acids is 1. The van der Waals surface area contributed by atoms with Gasteiger partial charge < -0.3 is 15.5 Å². The molecule has 1 atom stereocenters. The van der Waals surface area contributed by atoms with Gasteiger partial charge in [-0.15, -0.1) is 11.3 Å². The van der Waals surface area contributed by atoms with E-state index >= 15 is 0 Å². The number of nitrogens with zero attached hydrogens (tertiary/aromatic N) is 3. The Morgan fingerprint density at radius 3 is 2.70 bits per heavy atom. The number of fused-ring (bicyclic) bond motifs is 1. The van der Waals surface area contributed by atoms with Crippen molar-refractivity contribution in [2.75, 3.05) is 5.32 Å². The number of aromatic nitrogens is 3. The number of rotatable bonds is 5. The second-order valence-electron chi connectivity index (χ2n) is 8.90. The summed E-state index contributed by atoms with van der Waals surface area (Å²) >= 11 is 1.31. The summed E-state index contributed by atoms with van der Waals surface area (Å²) in [5.41, 5.74) is 1.35. The number of alkyl halides is 3. The zero-order valence-corrected chi connectivity index (χ0v) is 20.3. The quantitative estimate of drug-likeness (QED) is 0.295. The first-order valence-corrected chi connectivity index (χ1v) is 12.2. The maximum Gasteiger partial charge on any atom is 0.433 e. The molecule has 2 heterocycles. The molecule has 4 aromatic rings. The Morgan fingerprint density at radius 2 is 1.95 bits per heavy atom. The molecule has 0 saturated carbocycles. The van der Waals surface area contributed by atoms with Crippen molar-refractivity contribution >= 4 is 28.9 Å². The minimum absolute atomic E-state index is 0.173. The van der Waals surface area contributed by atoms with Crippen molar-refractivity contribution in [3.8, 4) is 10.4 Å². The van der Waals surface area contributed by atoms with E-state index in [0.717, 1.165) is 33.8 Å². The Hall–Kier alpha value is -3.83. The summed E-state index contributed by atoms with van der Waals surface area (Å²) in [6.07, 6.45) is -0.0849. The molecule has 7 nitrogen and oxygen atoms in total. The molecule has 0 radical (unpaired) electrons. The van der Waals surface area contributed by atoms with Gasteiger partial charge in [0.25, 0.3) is 0 Å². The molecular weight excluding hydrogens is 505 g/mol. The first kappa shape index (κ1) is 24.8. The third-order valence-corrected chi connectivity index (χ3v) is 7.40. The largest absolute Gasteiger partial charge is 0.478 e. The monoisotopic (exact) mass is 526 g/mol. The van der Waals surface area contributed by atoms with E-state index in [4.69, 9.17) is 0 Å². The second kappa shape index (κ2) is 9.24. The van der Waals surface area contributed by atoms with Gasteiger partial charge in [0.05, 0.1) is 10.4 Å². The smallest absolute Gasteiger partial charge is 0.433 e. The normalized spacial score (nSPS) is 17.3. The van der Waals surface area contributed by atoms with Crippen LogP contribution in [0.5, 0.6) is 0 Å². The Kier molecular flexibility index (Phi) is 6.20. The van der Waals surface area contributed by atoms with Gasteiger partial charge in [0.2, 0.25) is 5.95 Å². The van der Waals surface area contributed by atoms with Crippen LogP contribution in [0.1, 0.15) is 50.6 Å². The van der Waals surface area contributed by atoms with Gasteiger partial charge in [0, 0.05) is 18.1 Å². The van der Waals surface area contributed by atoms with Gasteiger partial charge in [0.1, 0.15) is 16.3 Å². The number of aryl methyl sites for hydroxylation is 2. The Balaban J connectivity index is 1.46. The number of anilines is 2. The van der Waals surface area contributed by atoms with E-state index in [2.05, 4.69) is 20.3 Å². The summed E-state index contributed by atoms with van der Waals surface area (Å²) in [5, 5.41) is 24.3. The van der Waals surface area contributed by atoms with Crippen LogP contribution < -0.4 is 5.32 Å². The number of benzene rings is 2. The first-order valence-electron chi connectivity index (χ1n) is 11.4. The van der Waals surface area contributed by atoms with Crippen molar-refractivity contribution in [2.45, 2.75) is 38.0 Å². The van der Waals surface area contributed by atoms with Crippen LogP contribution in [0.4, 0.5) is 24.8 Å². The number of halogens is 3. The Morgan fingerprint density at radius 1 is 1.14 bits per heavy atom. The van der Waals surface area contributed by atoms with Crippen molar-refractivity contribution in [3.05, 3.63) is 87.8 Å². The molecule has 3 N–H and O–H groups in total. The molecule has 0 bridgehead atoms. The van der Waals surface area contributed by atoms with Gasteiger partial charge in [0.15, 0.2) is 0 Å². The first-order chi connectivity index (χ1) is 17.5. The number of carbonyl (C=O) groups is 1. The average molecular weight is 527 g/mol. The molecule has 0 fully saturated rings. The van der Waals surface area contributed by atoms with Gasteiger partial charge in [-0.3, -0.25) is 0 Å². The molecule has 0 spiro atoms. The highest BCUT2D eigenvalue weighted by molar-refractivity contribution is 7.15. The van der Waals surface area contributed by atoms with Gasteiger partial charge in [-0.1, -0.05) is 12.1 Å². The zero-order chi connectivity index (χ0) is 26.4. The summed E-state index contributed by atoms with van der Waals surface area (Å²) in [7, 11) is 0. The van der Waals surface area contributed by atoms with Crippen LogP contribution in [0.2, 0.25) is 0 Å². The van der Waals surface area contributed by atoms with Gasteiger partial charge in [-0.05, 0) is 78.8 Å². The van der Waals surface area contributed by atoms with Crippen molar-refractivity contribution in [2.24, 2.45) is 0 Å². The molecule has 0 aliphatic heterocycles. The molecular formula is C26H21F3N4O3S. The number of carboxylic acid groups (broad SMARTS) is 1. The van der Waals surface area contributed by atoms with E-state index < -0.39 is 23.4 Å². The van der Waals surface area contributed by atoms with E-state index in [9.17, 15) is 28.2 Å². The number of hydrogen-bond acceptors (Lipinski definition) is 7. The summed E-state index contributed by atoms with van der Waals surface area (Å²) in [6, 6.07) is 11.0. The van der Waals surface area contributed by atoms with Crippen LogP contribution in [-0.2, 0) is 18.2 Å². The molecule has 190 valence electrons. The fourth-order valence-corrected chi connectivity index (χ4v) is 5.57. The van der Waals surface area contributed by atoms with E-state index in [1.165, 1.54) is 17.4 Å². The summed E-state index contributed by atoms with van der Waals surface area (Å²) in [4.78, 5) is 24.1. The molecule has 2 aromatic carbocycles. The van der Waals surface area contributed by atoms with Crippen LogP contribution in [0.15, 0.2) is 54.9 Å². The summed E-state index contributed by atoms with van der Waals surface area (Å²) < 4.78 is 39.1. The predicted molar refractivity (Wildman–Crippen MR) is 132 cm³/mol. The fourth-order valence-electron chi connectivity index (χ4n) is 4.53. The molecule has 37 heavy (non-hydrogen) atoms. The molecule has 2 aromatic heterocycles. The van der Waals surface area contributed by atoms with Crippen LogP contribution in [0.25, 0.3) is 10.4 Å². The number of hydrogen-bond donors (Lipinski definition) is 3. The molecule has 11 heteroatoms. The Bertz CT molecular complexity index is 1500. The maximum atomic E-state index is 13.0.